The van der Waals surface area contributed by atoms with Crippen LogP contribution >= 0.6 is 15.6 Å². The van der Waals surface area contributed by atoms with Gasteiger partial charge >= 0.3 is 27.6 Å². The van der Waals surface area contributed by atoms with Crippen LogP contribution in [0.2, 0.25) is 0 Å². The Balaban J connectivity index is 3.90. The zero-order chi connectivity index (χ0) is 50.2. The van der Waals surface area contributed by atoms with E-state index in [4.69, 9.17) is 9.47 Å². The molecule has 5 N–H and O–H groups in total. The third-order valence-corrected chi connectivity index (χ3v) is 11.8. The molecule has 0 aliphatic heterocycles. The van der Waals surface area contributed by atoms with Crippen molar-refractivity contribution >= 4 is 27.6 Å². The molecule has 5 atom stereocenters. The van der Waals surface area contributed by atoms with E-state index in [1.165, 1.54) is 44.9 Å². The molecule has 0 aliphatic rings. The summed E-state index contributed by atoms with van der Waals surface area (Å²) >= 11 is 0. The largest absolute Gasteiger partial charge is 0.472 e. The van der Waals surface area contributed by atoms with Gasteiger partial charge in [-0.05, 0) is 70.6 Å². The van der Waals surface area contributed by atoms with Gasteiger partial charge in [0.15, 0.2) is 0 Å². The van der Waals surface area contributed by atoms with Crippen molar-refractivity contribution in [3.8, 4) is 0 Å². The first-order valence-corrected chi connectivity index (χ1v) is 28.0. The molecular formula is C51H88O15P2. The van der Waals surface area contributed by atoms with E-state index in [0.29, 0.717) is 12.8 Å². The molecule has 5 unspecified atom stereocenters. The summed E-state index contributed by atoms with van der Waals surface area (Å²) in [6.07, 6.45) is 48.5. The number of aliphatic hydroxyl groups is 3. The zero-order valence-electron chi connectivity index (χ0n) is 41.2. The lowest BCUT2D eigenvalue weighted by Gasteiger charge is -2.19. The molecule has 0 saturated carbocycles. The van der Waals surface area contributed by atoms with Crippen LogP contribution in [0.15, 0.2) is 85.1 Å². The zero-order valence-corrected chi connectivity index (χ0v) is 43.0. The molecule has 68 heavy (non-hydrogen) atoms. The number of rotatable bonds is 47. The normalized spacial score (nSPS) is 15.7. The van der Waals surface area contributed by atoms with Gasteiger partial charge in [0, 0.05) is 12.8 Å². The quantitative estimate of drug-likeness (QED) is 0.0126. The van der Waals surface area contributed by atoms with E-state index >= 15 is 0 Å². The number of ether oxygens (including phenoxy) is 2. The maximum atomic E-state index is 12.2. The number of unbranched alkanes of at least 4 members (excludes halogenated alkanes) is 16. The molecule has 0 aromatic carbocycles. The van der Waals surface area contributed by atoms with E-state index in [0.717, 1.165) is 83.5 Å². The summed E-state index contributed by atoms with van der Waals surface area (Å²) in [6, 6.07) is 0. The number of hydrogen-bond donors (Lipinski definition) is 5. The summed E-state index contributed by atoms with van der Waals surface area (Å²) in [7, 11) is -9.59. The number of hydrogen-bond acceptors (Lipinski definition) is 13. The Morgan fingerprint density at radius 2 is 0.735 bits per heavy atom. The first-order valence-electron chi connectivity index (χ1n) is 25.0. The maximum Gasteiger partial charge on any atom is 0.472 e. The Hall–Kier alpha value is -2.78. The third kappa shape index (κ3) is 48.3. The van der Waals surface area contributed by atoms with Gasteiger partial charge in [0.2, 0.25) is 0 Å². The average Bonchev–Trinajstić information content (AvgIpc) is 3.31. The van der Waals surface area contributed by atoms with Gasteiger partial charge in [0.25, 0.3) is 0 Å². The van der Waals surface area contributed by atoms with E-state index in [1.54, 1.807) is 0 Å². The summed E-state index contributed by atoms with van der Waals surface area (Å²) in [5, 5.41) is 30.0. The lowest BCUT2D eigenvalue weighted by atomic mass is 10.1. The van der Waals surface area contributed by atoms with Crippen molar-refractivity contribution in [1.82, 2.24) is 0 Å². The van der Waals surface area contributed by atoms with Crippen LogP contribution in [0.3, 0.4) is 0 Å². The van der Waals surface area contributed by atoms with E-state index in [9.17, 15) is 43.8 Å². The van der Waals surface area contributed by atoms with Crippen molar-refractivity contribution in [2.24, 2.45) is 0 Å². The number of phosphoric acid groups is 2. The number of allylic oxidation sites excluding steroid dienone is 14. The Morgan fingerprint density at radius 1 is 0.412 bits per heavy atom. The van der Waals surface area contributed by atoms with Gasteiger partial charge in [-0.2, -0.15) is 0 Å². The van der Waals surface area contributed by atoms with E-state index in [1.807, 2.05) is 36.5 Å². The number of esters is 2. The van der Waals surface area contributed by atoms with Gasteiger partial charge < -0.3 is 34.6 Å². The summed E-state index contributed by atoms with van der Waals surface area (Å²) < 4.78 is 53.0. The molecular weight excluding hydrogens is 914 g/mol. The molecule has 0 fully saturated rings. The molecule has 0 heterocycles. The van der Waals surface area contributed by atoms with Crippen molar-refractivity contribution in [3.05, 3.63) is 85.1 Å². The van der Waals surface area contributed by atoms with Crippen LogP contribution in [-0.4, -0.2) is 95.0 Å². The number of aliphatic hydroxyl groups excluding tert-OH is 3. The predicted octanol–water partition coefficient (Wildman–Crippen LogP) is 11.7. The van der Waals surface area contributed by atoms with Gasteiger partial charge in [-0.1, -0.05) is 170 Å². The smallest absolute Gasteiger partial charge is 0.463 e. The van der Waals surface area contributed by atoms with Crippen molar-refractivity contribution in [3.63, 3.8) is 0 Å². The highest BCUT2D eigenvalue weighted by Crippen LogP contribution is 2.45. The van der Waals surface area contributed by atoms with Gasteiger partial charge in [0.05, 0.1) is 26.4 Å². The molecule has 15 nitrogen and oxygen atoms in total. The van der Waals surface area contributed by atoms with Gasteiger partial charge in [-0.3, -0.25) is 27.7 Å². The van der Waals surface area contributed by atoms with Crippen LogP contribution in [0.1, 0.15) is 168 Å². The van der Waals surface area contributed by atoms with Crippen LogP contribution in [0, 0.1) is 0 Å². The average molecular weight is 1000 g/mol. The summed E-state index contributed by atoms with van der Waals surface area (Å²) in [4.78, 5) is 43.8. The monoisotopic (exact) mass is 1000 g/mol. The highest BCUT2D eigenvalue weighted by molar-refractivity contribution is 7.47. The van der Waals surface area contributed by atoms with Crippen molar-refractivity contribution in [1.29, 1.82) is 0 Å². The maximum absolute atomic E-state index is 12.2. The summed E-state index contributed by atoms with van der Waals surface area (Å²) in [5.41, 5.74) is 0. The molecule has 0 rings (SSSR count). The Morgan fingerprint density at radius 3 is 1.15 bits per heavy atom. The van der Waals surface area contributed by atoms with E-state index in [-0.39, 0.29) is 12.8 Å². The SMILES string of the molecule is CC/C=C/C=C/C=C/C=C\CCCCCCCC(=O)OCC(O)COP(=O)(O)OCC(O)COP(=O)(O)OCC(O)COC(=O)CCCCCCCCCC/C=C\C/C=C\C/C=C\CCCCC. The molecule has 0 bridgehead atoms. The minimum Gasteiger partial charge on any atom is -0.463 e. The Kier molecular flexibility index (Phi) is 44.7. The van der Waals surface area contributed by atoms with Crippen LogP contribution in [0.4, 0.5) is 0 Å². The van der Waals surface area contributed by atoms with Crippen LogP contribution in [0.5, 0.6) is 0 Å². The van der Waals surface area contributed by atoms with Gasteiger partial charge in [-0.25, -0.2) is 9.13 Å². The first-order chi connectivity index (χ1) is 32.8. The number of phosphoric ester groups is 2. The minimum atomic E-state index is -4.80. The van der Waals surface area contributed by atoms with Crippen molar-refractivity contribution in [2.75, 3.05) is 39.6 Å². The molecule has 0 saturated heterocycles. The van der Waals surface area contributed by atoms with E-state index < -0.39 is 85.5 Å². The standard InChI is InChI=1S/C51H88O15P2/c1-3-5-7-9-11-13-15-17-19-20-21-22-23-24-26-28-30-32-34-36-38-40-51(56)62-42-48(53)44-64-68(59,60)66-46-49(54)45-65-67(57,58)63-43-47(52)41-61-50(55)39-37-35-33-31-29-27-25-18-16-14-12-10-8-6-4-2/h6,8,10-14,16-19,21-22,25,47-49,52-54H,3-5,7,9,15,20,23-24,26-46H2,1-2H3,(H,57,58)(H,59,60)/b8-6+,12-10+,13-11-,16-14+,19-17-,22-21-,25-18-. The van der Waals surface area contributed by atoms with Crippen molar-refractivity contribution < 1.29 is 71.4 Å². The lowest BCUT2D eigenvalue weighted by Crippen LogP contribution is -2.25. The number of carbonyl (C=O) groups excluding carboxylic acids is 2. The van der Waals surface area contributed by atoms with Crippen LogP contribution < -0.4 is 0 Å². The highest BCUT2D eigenvalue weighted by Gasteiger charge is 2.28. The Bertz CT molecular complexity index is 1540. The fourth-order valence-corrected chi connectivity index (χ4v) is 7.64. The lowest BCUT2D eigenvalue weighted by molar-refractivity contribution is -0.148. The second-order valence-electron chi connectivity index (χ2n) is 16.5. The molecule has 0 aliphatic carbocycles. The Labute approximate surface area is 408 Å². The molecule has 0 aromatic heterocycles. The first kappa shape index (κ1) is 65.2. The topological polar surface area (TPSA) is 225 Å². The van der Waals surface area contributed by atoms with Gasteiger partial charge in [-0.15, -0.1) is 0 Å². The van der Waals surface area contributed by atoms with Crippen molar-refractivity contribution in [2.45, 2.75) is 186 Å². The highest BCUT2D eigenvalue weighted by atomic mass is 31.2. The summed E-state index contributed by atoms with van der Waals surface area (Å²) in [5.74, 6) is -1.03. The van der Waals surface area contributed by atoms with E-state index in [2.05, 4.69) is 80.6 Å². The summed E-state index contributed by atoms with van der Waals surface area (Å²) in [6.45, 7) is 0.204. The second kappa shape index (κ2) is 46.6. The molecule has 392 valence electrons. The minimum absolute atomic E-state index is 0.166. The van der Waals surface area contributed by atoms with Crippen LogP contribution in [-0.2, 0) is 46.3 Å². The molecule has 0 radical (unpaired) electrons. The fraction of sp³-hybridized carbons (Fsp3) is 0.686. The molecule has 17 heteroatoms. The molecule has 0 spiro atoms. The fourth-order valence-electron chi connectivity index (χ4n) is 6.05. The predicted molar refractivity (Wildman–Crippen MR) is 270 cm³/mol. The third-order valence-electron chi connectivity index (χ3n) is 9.93. The molecule has 0 amide bonds. The van der Waals surface area contributed by atoms with Gasteiger partial charge in [0.1, 0.15) is 31.5 Å². The second-order valence-corrected chi connectivity index (χ2v) is 19.4. The molecule has 0 aromatic rings. The number of carbonyl (C=O) groups is 2. The van der Waals surface area contributed by atoms with Crippen LogP contribution in [0.25, 0.3) is 0 Å².